The Kier molecular flexibility index (Phi) is 2.28. The van der Waals surface area contributed by atoms with E-state index in [9.17, 15) is 10.2 Å². The zero-order valence-electron chi connectivity index (χ0n) is 7.48. The molecule has 0 saturated heterocycles. The van der Waals surface area contributed by atoms with Gasteiger partial charge in [0.15, 0.2) is 0 Å². The van der Waals surface area contributed by atoms with Crippen molar-refractivity contribution >= 4 is 0 Å². The Morgan fingerprint density at radius 1 is 1.43 bits per heavy atom. The summed E-state index contributed by atoms with van der Waals surface area (Å²) in [5.41, 5.74) is 5.67. The summed E-state index contributed by atoms with van der Waals surface area (Å²) < 4.78 is 1.60. The second-order valence-corrected chi connectivity index (χ2v) is 3.45. The number of hydrogen-bond acceptors (Lipinski definition) is 5. The number of hydrogen-bond donors (Lipinski definition) is 4. The van der Waals surface area contributed by atoms with Crippen molar-refractivity contribution in [2.75, 3.05) is 6.61 Å². The van der Waals surface area contributed by atoms with Gasteiger partial charge in [0.2, 0.25) is 0 Å². The lowest BCUT2D eigenvalue weighted by molar-refractivity contribution is -0.0565. The van der Waals surface area contributed by atoms with Crippen molar-refractivity contribution in [3.8, 4) is 0 Å². The van der Waals surface area contributed by atoms with Crippen LogP contribution in [0.25, 0.3) is 0 Å². The number of imidazole rings is 1. The summed E-state index contributed by atoms with van der Waals surface area (Å²) >= 11 is 0. The normalized spacial score (nSPS) is 36.9. The van der Waals surface area contributed by atoms with E-state index in [0.29, 0.717) is 5.82 Å². The van der Waals surface area contributed by atoms with Gasteiger partial charge >= 0.3 is 0 Å². The summed E-state index contributed by atoms with van der Waals surface area (Å²) in [4.78, 5) is 3.98. The van der Waals surface area contributed by atoms with Crippen molar-refractivity contribution in [2.45, 2.75) is 24.3 Å². The molecule has 14 heavy (non-hydrogen) atoms. The molecule has 0 fully saturated rings. The quantitative estimate of drug-likeness (QED) is 0.425. The highest BCUT2D eigenvalue weighted by molar-refractivity contribution is 5.10. The molecule has 1 aliphatic heterocycles. The van der Waals surface area contributed by atoms with Crippen molar-refractivity contribution in [3.05, 3.63) is 18.2 Å². The van der Waals surface area contributed by atoms with Crippen LogP contribution in [-0.2, 0) is 0 Å². The van der Waals surface area contributed by atoms with Crippen molar-refractivity contribution in [1.29, 1.82) is 0 Å². The molecule has 0 amide bonds. The van der Waals surface area contributed by atoms with E-state index in [-0.39, 0.29) is 6.61 Å². The van der Waals surface area contributed by atoms with Crippen LogP contribution in [0.4, 0.5) is 0 Å². The number of fused-ring (bicyclic) bond motifs is 1. The zero-order valence-corrected chi connectivity index (χ0v) is 7.48. The van der Waals surface area contributed by atoms with Gasteiger partial charge < -0.3 is 25.6 Å². The van der Waals surface area contributed by atoms with E-state index in [1.807, 2.05) is 0 Å². The molecule has 0 spiro atoms. The molecule has 0 radical (unpaired) electrons. The van der Waals surface area contributed by atoms with E-state index in [2.05, 4.69) is 4.98 Å². The van der Waals surface area contributed by atoms with Gasteiger partial charge in [-0.2, -0.15) is 0 Å². The zero-order chi connectivity index (χ0) is 10.3. The van der Waals surface area contributed by atoms with Crippen molar-refractivity contribution in [1.82, 2.24) is 9.55 Å². The molecule has 1 aromatic rings. The van der Waals surface area contributed by atoms with Gasteiger partial charge in [0.25, 0.3) is 0 Å². The standard InChI is InChI=1S/C8H13N3O3/c9-5-7(14)6(13)4(3-12)11-2-1-10-8(5)11/h1-2,4-7,12-14H,3,9H2/t4-,5+,6-,7-/m1/s1. The average Bonchev–Trinajstić information content (AvgIpc) is 2.64. The number of aliphatic hydroxyl groups excluding tert-OH is 3. The predicted molar refractivity (Wildman–Crippen MR) is 47.3 cm³/mol. The van der Waals surface area contributed by atoms with E-state index in [4.69, 9.17) is 10.8 Å². The first-order chi connectivity index (χ1) is 6.66. The van der Waals surface area contributed by atoms with E-state index in [1.54, 1.807) is 10.8 Å². The third-order valence-corrected chi connectivity index (χ3v) is 2.65. The van der Waals surface area contributed by atoms with Crippen LogP contribution in [0, 0.1) is 0 Å². The highest BCUT2D eigenvalue weighted by Crippen LogP contribution is 2.29. The fraction of sp³-hybridized carbons (Fsp3) is 0.625. The van der Waals surface area contributed by atoms with Crippen LogP contribution in [0.5, 0.6) is 0 Å². The van der Waals surface area contributed by atoms with Crippen LogP contribution in [0.2, 0.25) is 0 Å². The van der Waals surface area contributed by atoms with Crippen LogP contribution >= 0.6 is 0 Å². The van der Waals surface area contributed by atoms with Gasteiger partial charge in [0.05, 0.1) is 18.7 Å². The molecule has 0 saturated carbocycles. The van der Waals surface area contributed by atoms with Crippen molar-refractivity contribution in [2.24, 2.45) is 5.73 Å². The van der Waals surface area contributed by atoms with E-state index in [0.717, 1.165) is 0 Å². The number of rotatable bonds is 1. The first-order valence-electron chi connectivity index (χ1n) is 4.42. The Balaban J connectivity index is 2.44. The largest absolute Gasteiger partial charge is 0.394 e. The third kappa shape index (κ3) is 1.16. The molecule has 2 heterocycles. The number of aromatic nitrogens is 2. The highest BCUT2D eigenvalue weighted by Gasteiger charge is 2.39. The molecular weight excluding hydrogens is 186 g/mol. The second kappa shape index (κ2) is 3.32. The molecule has 0 aromatic carbocycles. The first kappa shape index (κ1) is 9.60. The summed E-state index contributed by atoms with van der Waals surface area (Å²) in [6.07, 6.45) is 1.02. The lowest BCUT2D eigenvalue weighted by Crippen LogP contribution is -2.48. The van der Waals surface area contributed by atoms with Crippen LogP contribution in [-0.4, -0.2) is 43.7 Å². The van der Waals surface area contributed by atoms with Crippen LogP contribution in [0.3, 0.4) is 0 Å². The summed E-state index contributed by atoms with van der Waals surface area (Å²) in [7, 11) is 0. The van der Waals surface area contributed by atoms with Gasteiger partial charge in [-0.1, -0.05) is 0 Å². The highest BCUT2D eigenvalue weighted by atomic mass is 16.3. The molecule has 6 heteroatoms. The Bertz CT molecular complexity index is 327. The van der Waals surface area contributed by atoms with Gasteiger partial charge in [-0.3, -0.25) is 0 Å². The Morgan fingerprint density at radius 3 is 2.79 bits per heavy atom. The molecule has 0 unspecified atom stereocenters. The first-order valence-corrected chi connectivity index (χ1v) is 4.42. The molecule has 4 atom stereocenters. The SMILES string of the molecule is N[C@@H]1c2nccn2[C@H](CO)[C@@H](O)[C@@H]1O. The third-order valence-electron chi connectivity index (χ3n) is 2.65. The minimum absolute atomic E-state index is 0.256. The number of nitrogens with two attached hydrogens (primary N) is 1. The van der Waals surface area contributed by atoms with E-state index in [1.165, 1.54) is 6.20 Å². The molecule has 0 bridgehead atoms. The maximum absolute atomic E-state index is 9.63. The molecule has 2 rings (SSSR count). The minimum atomic E-state index is -1.08. The maximum atomic E-state index is 9.63. The molecule has 0 aliphatic carbocycles. The van der Waals surface area contributed by atoms with Gasteiger partial charge in [0.1, 0.15) is 18.0 Å². The minimum Gasteiger partial charge on any atom is -0.394 e. The predicted octanol–water partition coefficient (Wildman–Crippen LogP) is -1.85. The van der Waals surface area contributed by atoms with Crippen LogP contribution in [0.1, 0.15) is 17.9 Å². The van der Waals surface area contributed by atoms with Gasteiger partial charge in [0, 0.05) is 12.4 Å². The number of aliphatic hydroxyl groups is 3. The monoisotopic (exact) mass is 199 g/mol. The molecule has 1 aromatic heterocycles. The summed E-state index contributed by atoms with van der Waals surface area (Å²) in [6.45, 7) is -0.256. The molecule has 5 N–H and O–H groups in total. The molecule has 6 nitrogen and oxygen atoms in total. The molecule has 78 valence electrons. The lowest BCUT2D eigenvalue weighted by Gasteiger charge is -2.36. The summed E-state index contributed by atoms with van der Waals surface area (Å²) in [5, 5.41) is 28.3. The fourth-order valence-corrected chi connectivity index (χ4v) is 1.82. The number of nitrogens with zero attached hydrogens (tertiary/aromatic N) is 2. The second-order valence-electron chi connectivity index (χ2n) is 3.45. The van der Waals surface area contributed by atoms with Gasteiger partial charge in [-0.05, 0) is 0 Å². The van der Waals surface area contributed by atoms with Crippen molar-refractivity contribution in [3.63, 3.8) is 0 Å². The Hall–Kier alpha value is -0.950. The van der Waals surface area contributed by atoms with Crippen LogP contribution < -0.4 is 5.73 Å². The lowest BCUT2D eigenvalue weighted by atomic mass is 9.95. The van der Waals surface area contributed by atoms with E-state index >= 15 is 0 Å². The average molecular weight is 199 g/mol. The van der Waals surface area contributed by atoms with E-state index < -0.39 is 24.3 Å². The van der Waals surface area contributed by atoms with Crippen molar-refractivity contribution < 1.29 is 15.3 Å². The Morgan fingerprint density at radius 2 is 2.14 bits per heavy atom. The van der Waals surface area contributed by atoms with Crippen LogP contribution in [0.15, 0.2) is 12.4 Å². The summed E-state index contributed by atoms with van der Waals surface area (Å²) in [5.74, 6) is 0.488. The Labute approximate surface area is 80.6 Å². The maximum Gasteiger partial charge on any atom is 0.128 e. The van der Waals surface area contributed by atoms with Gasteiger partial charge in [-0.25, -0.2) is 4.98 Å². The smallest absolute Gasteiger partial charge is 0.128 e. The topological polar surface area (TPSA) is 105 Å². The van der Waals surface area contributed by atoms with Gasteiger partial charge in [-0.15, -0.1) is 0 Å². The molecule has 1 aliphatic rings. The fourth-order valence-electron chi connectivity index (χ4n) is 1.82. The summed E-state index contributed by atoms with van der Waals surface area (Å²) in [6, 6.07) is -1.27. The molecular formula is C8H13N3O3.